The summed E-state index contributed by atoms with van der Waals surface area (Å²) in [4.78, 5) is 23.7. The fraction of sp³-hybridized carbons (Fsp3) is 0.590. The third kappa shape index (κ3) is 29.5. The van der Waals surface area contributed by atoms with Gasteiger partial charge in [-0.3, -0.25) is 0 Å². The quantitative estimate of drug-likeness (QED) is 0.0169. The molecule has 33 heteroatoms. The van der Waals surface area contributed by atoms with E-state index in [1.807, 2.05) is 69.2 Å². The van der Waals surface area contributed by atoms with Crippen LogP contribution >= 0.6 is 10.7 Å². The largest absolute Gasteiger partial charge is 0.496 e. The number of hydrogen-bond donors (Lipinski definition) is 4. The number of aryl methyl sites for hydroxylation is 5. The van der Waals surface area contributed by atoms with Gasteiger partial charge in [-0.15, -0.1) is 0 Å². The maximum atomic E-state index is 13.5. The topological polar surface area (TPSA) is 361 Å². The van der Waals surface area contributed by atoms with Gasteiger partial charge in [0.25, 0.3) is 9.05 Å². The zero-order chi connectivity index (χ0) is 86.1. The van der Waals surface area contributed by atoms with Crippen molar-refractivity contribution in [2.24, 2.45) is 17.8 Å². The van der Waals surface area contributed by atoms with Crippen molar-refractivity contribution in [3.8, 4) is 28.7 Å². The number of methoxy groups -OCH3 is 5. The second-order valence-corrected chi connectivity index (χ2v) is 38.8. The number of aliphatic hydroxyl groups is 2. The molecule has 0 amide bonds. The van der Waals surface area contributed by atoms with Gasteiger partial charge >= 0.3 is 11.9 Å². The number of carbonyl (C=O) groups excluding carboxylic acids is 1. The average Bonchev–Trinajstić information content (AvgIpc) is 0.789. The maximum absolute atomic E-state index is 13.5. The molecule has 0 bridgehead atoms. The molecule has 0 aliphatic rings. The van der Waals surface area contributed by atoms with Crippen LogP contribution in [0.25, 0.3) is 0 Å². The van der Waals surface area contributed by atoms with E-state index in [4.69, 9.17) is 58.8 Å². The summed E-state index contributed by atoms with van der Waals surface area (Å²) in [6.07, 6.45) is 0. The Labute approximate surface area is 667 Å². The minimum Gasteiger partial charge on any atom is -0.496 e. The van der Waals surface area contributed by atoms with E-state index in [0.29, 0.717) is 114 Å². The fourth-order valence-electron chi connectivity index (χ4n) is 12.1. The molecule has 632 valence electrons. The van der Waals surface area contributed by atoms with Crippen LogP contribution in [-0.4, -0.2) is 209 Å². The molecule has 4 N–H and O–H groups in total. The van der Waals surface area contributed by atoms with Crippen molar-refractivity contribution in [2.75, 3.05) is 121 Å². The highest BCUT2D eigenvalue weighted by Crippen LogP contribution is 2.38. The molecule has 0 aromatic heterocycles. The van der Waals surface area contributed by atoms with Gasteiger partial charge in [-0.25, -0.2) is 56.4 Å². The fourth-order valence-corrected chi connectivity index (χ4v) is 21.5. The number of ether oxygens (including phenoxy) is 8. The zero-order valence-electron chi connectivity index (χ0n) is 70.6. The van der Waals surface area contributed by atoms with Gasteiger partial charge in [0.15, 0.2) is 0 Å². The number of nitrogens with one attached hydrogen (secondary N) is 1. The van der Waals surface area contributed by atoms with Crippen molar-refractivity contribution in [3.63, 3.8) is 0 Å². The van der Waals surface area contributed by atoms with Crippen molar-refractivity contribution < 1.29 is 105 Å². The second-order valence-electron chi connectivity index (χ2n) is 29.0. The van der Waals surface area contributed by atoms with Gasteiger partial charge in [0.2, 0.25) is 40.1 Å². The number of carboxylic acids is 1. The number of benzene rings is 5. The number of hydrogen-bond acceptors (Lipinski definition) is 22. The van der Waals surface area contributed by atoms with Gasteiger partial charge < -0.3 is 53.2 Å². The summed E-state index contributed by atoms with van der Waals surface area (Å²) in [6.45, 7) is 44.2. The third-order valence-corrected chi connectivity index (χ3v) is 27.4. The van der Waals surface area contributed by atoms with E-state index >= 15 is 0 Å². The predicted octanol–water partition coefficient (Wildman–Crippen LogP) is 11.7. The van der Waals surface area contributed by atoms with Crippen molar-refractivity contribution in [2.45, 2.75) is 196 Å². The number of carbonyl (C=O) groups is 2. The lowest BCUT2D eigenvalue weighted by Crippen LogP contribution is -2.38. The molecule has 5 rings (SSSR count). The van der Waals surface area contributed by atoms with E-state index in [2.05, 4.69) is 4.72 Å². The summed E-state index contributed by atoms with van der Waals surface area (Å²) in [5.74, 6) is 2.22. The first kappa shape index (κ1) is 103. The molecule has 5 aromatic rings. The molecule has 111 heavy (non-hydrogen) atoms. The lowest BCUT2D eigenvalue weighted by Gasteiger charge is -2.26. The van der Waals surface area contributed by atoms with E-state index in [0.717, 1.165) is 27.8 Å². The molecular weight excluding hydrogens is 1560 g/mol. The normalized spacial score (nSPS) is 12.1. The lowest BCUT2D eigenvalue weighted by atomic mass is 10.1. The molecule has 0 heterocycles. The van der Waals surface area contributed by atoms with Crippen LogP contribution in [0.4, 0.5) is 0 Å². The van der Waals surface area contributed by atoms with Crippen LogP contribution in [0.5, 0.6) is 28.7 Å². The Hall–Kier alpha value is -6.24. The summed E-state index contributed by atoms with van der Waals surface area (Å²) in [7, 11) is -5.27. The number of nitrogens with zero attached hydrogens (tertiary/aromatic N) is 3. The SMILES string of the molecule is COc1cc(C)c(S(=O)(=O)Cl)c(C)c1C.COc1cc(C)c(S(=O)(=O)N(CCO)CC(C)C)c(C)c1C.COc1cc(C)c(S(=O)(=O)N(CCOCC(=O)O)CC(C)C)c(C)c1C.COc1cc(C)c(S(=O)(=O)N(CCOCC(=O)OC(C)(C)C)CC(C)C)c(C)c1C.COc1cc(C)c(S(=O)(=O)NCCO)c(C)c1C. The number of esters is 1. The molecular formula is C78H125ClN4O23S5. The van der Waals surface area contributed by atoms with Crippen LogP contribution in [0.2, 0.25) is 0 Å². The molecule has 0 fully saturated rings. The number of aliphatic hydroxyl groups excluding tert-OH is 2. The van der Waals surface area contributed by atoms with Gasteiger partial charge in [0.05, 0.1) is 86.5 Å². The van der Waals surface area contributed by atoms with Crippen molar-refractivity contribution in [1.29, 1.82) is 0 Å². The Morgan fingerprint density at radius 1 is 0.414 bits per heavy atom. The van der Waals surface area contributed by atoms with Gasteiger partial charge in [-0.1, -0.05) is 41.5 Å². The Morgan fingerprint density at radius 2 is 0.676 bits per heavy atom. The van der Waals surface area contributed by atoms with Gasteiger partial charge in [-0.05, 0) is 256 Å². The molecule has 0 unspecified atom stereocenters. The standard InChI is InChI=1S/C22H37NO6S.C18H29NO6S.C16H27NO4S.C12H19NO4S.C10H13ClO3S/c1-15(2)13-23(10-11-28-14-20(24)29-22(6,7)8)30(25,26)21-16(3)12-19(27-9)17(4)18(21)5;1-12(2)10-19(7-8-25-11-17(20)21)26(22,23)18-13(3)9-16(24-6)14(4)15(18)5;1-11(2)10-17(7-8-18)22(19,20)16-12(3)9-15(21-6)13(4)14(16)5;1-8-7-11(17-4)9(2)10(3)12(8)18(15,16)13-5-6-14;1-6-5-9(14-4)7(2)8(3)10(6)15(11,12)13/h12,15H,10-11,13-14H2,1-9H3;9,12H,7-8,10-11H2,1-6H3,(H,20,21);9,11,18H,7-8,10H2,1-6H3;7,13-14H,5-6H2,1-4H3;5H,1-4H3. The van der Waals surface area contributed by atoms with Gasteiger partial charge in [0.1, 0.15) is 47.6 Å². The Kier molecular flexibility index (Phi) is 41.8. The van der Waals surface area contributed by atoms with Crippen LogP contribution in [0.3, 0.4) is 0 Å². The highest BCUT2D eigenvalue weighted by Gasteiger charge is 2.34. The number of carboxylic acid groups (broad SMARTS) is 1. The summed E-state index contributed by atoms with van der Waals surface area (Å²) >= 11 is 0. The average molecular weight is 1680 g/mol. The molecule has 0 aliphatic carbocycles. The molecule has 0 atom stereocenters. The Balaban J connectivity index is 0.000000707. The number of sulfonamides is 4. The molecule has 5 aromatic carbocycles. The second kappa shape index (κ2) is 45.2. The monoisotopic (exact) mass is 1680 g/mol. The summed E-state index contributed by atoms with van der Waals surface area (Å²) in [5, 5.41) is 26.6. The molecule has 0 saturated carbocycles. The van der Waals surface area contributed by atoms with Crippen molar-refractivity contribution in [1.82, 2.24) is 17.6 Å². The van der Waals surface area contributed by atoms with Crippen LogP contribution < -0.4 is 28.4 Å². The first-order valence-corrected chi connectivity index (χ1v) is 44.1. The van der Waals surface area contributed by atoms with Gasteiger partial charge in [0, 0.05) is 56.5 Å². The minimum atomic E-state index is -3.76. The third-order valence-electron chi connectivity index (χ3n) is 17.6. The maximum Gasteiger partial charge on any atom is 0.332 e. The highest BCUT2D eigenvalue weighted by atomic mass is 35.7. The van der Waals surface area contributed by atoms with E-state index in [-0.39, 0.29) is 91.7 Å². The predicted molar refractivity (Wildman–Crippen MR) is 434 cm³/mol. The lowest BCUT2D eigenvalue weighted by molar-refractivity contribution is -0.160. The summed E-state index contributed by atoms with van der Waals surface area (Å²) < 4.78 is 175. The minimum absolute atomic E-state index is 0.00624. The van der Waals surface area contributed by atoms with E-state index in [1.54, 1.807) is 163 Å². The Bertz CT molecular complexity index is 4560. The zero-order valence-corrected chi connectivity index (χ0v) is 75.4. The van der Waals surface area contributed by atoms with Crippen LogP contribution in [0.15, 0.2) is 54.8 Å². The molecule has 0 spiro atoms. The number of aliphatic carboxylic acids is 1. The first-order chi connectivity index (χ1) is 51.0. The van der Waals surface area contributed by atoms with E-state index in [9.17, 15) is 56.8 Å². The number of halogens is 1. The van der Waals surface area contributed by atoms with Crippen LogP contribution in [0, 0.1) is 122 Å². The first-order valence-electron chi connectivity index (χ1n) is 36.0. The van der Waals surface area contributed by atoms with E-state index < -0.39 is 73.3 Å². The molecule has 0 saturated heterocycles. The molecule has 0 radical (unpaired) electrons. The van der Waals surface area contributed by atoms with Crippen molar-refractivity contribution >= 4 is 71.8 Å². The molecule has 27 nitrogen and oxygen atoms in total. The van der Waals surface area contributed by atoms with Crippen LogP contribution in [-0.2, 0) is 72.9 Å². The van der Waals surface area contributed by atoms with E-state index in [1.165, 1.54) is 12.9 Å². The summed E-state index contributed by atoms with van der Waals surface area (Å²) in [5.41, 5.74) is 9.88. The summed E-state index contributed by atoms with van der Waals surface area (Å²) in [6, 6.07) is 8.61. The smallest absolute Gasteiger partial charge is 0.332 e. The van der Waals surface area contributed by atoms with Crippen LogP contribution in [0.1, 0.15) is 146 Å². The van der Waals surface area contributed by atoms with Gasteiger partial charge in [-0.2, -0.15) is 12.9 Å². The Morgan fingerprint density at radius 3 is 0.928 bits per heavy atom. The molecule has 0 aliphatic heterocycles. The van der Waals surface area contributed by atoms with Crippen molar-refractivity contribution in [3.05, 3.63) is 114 Å². The highest BCUT2D eigenvalue weighted by molar-refractivity contribution is 8.13. The number of rotatable bonds is 34.